The van der Waals surface area contributed by atoms with Gasteiger partial charge in [0.25, 0.3) is 5.91 Å². The summed E-state index contributed by atoms with van der Waals surface area (Å²) < 4.78 is 12.0. The van der Waals surface area contributed by atoms with Gasteiger partial charge in [0.05, 0.1) is 25.2 Å². The molecule has 0 spiro atoms. The Kier molecular flexibility index (Phi) is 14.7. The number of esters is 1. The summed E-state index contributed by atoms with van der Waals surface area (Å²) >= 11 is 3.42. The summed E-state index contributed by atoms with van der Waals surface area (Å²) in [7, 11) is 0. The Morgan fingerprint density at radius 1 is 1.05 bits per heavy atom. The van der Waals surface area contributed by atoms with Crippen LogP contribution in [0.3, 0.4) is 0 Å². The quantitative estimate of drug-likeness (QED) is 0.173. The molecular formula is C29H45BrN2O5. The van der Waals surface area contributed by atoms with Gasteiger partial charge in [0.2, 0.25) is 5.91 Å². The number of unbranched alkanes of at least 4 members (excludes halogenated alkanes) is 9. The van der Waals surface area contributed by atoms with Crippen LogP contribution in [-0.4, -0.2) is 55.0 Å². The fourth-order valence-corrected chi connectivity index (χ4v) is 4.72. The highest BCUT2D eigenvalue weighted by Gasteiger charge is 2.36. The molecule has 2 rings (SSSR count). The molecular weight excluding hydrogens is 536 g/mol. The molecule has 0 saturated carbocycles. The van der Waals surface area contributed by atoms with Crippen LogP contribution >= 0.6 is 15.9 Å². The summed E-state index contributed by atoms with van der Waals surface area (Å²) in [6, 6.07) is 4.36. The third-order valence-electron chi connectivity index (χ3n) is 6.46. The van der Waals surface area contributed by atoms with E-state index in [1.165, 1.54) is 49.8 Å². The van der Waals surface area contributed by atoms with Crippen molar-refractivity contribution in [2.45, 2.75) is 97.4 Å². The van der Waals surface area contributed by atoms with E-state index in [0.717, 1.165) is 23.7 Å². The van der Waals surface area contributed by atoms with Crippen molar-refractivity contribution >= 4 is 33.7 Å². The van der Waals surface area contributed by atoms with Crippen molar-refractivity contribution in [1.82, 2.24) is 10.2 Å². The van der Waals surface area contributed by atoms with E-state index in [2.05, 4.69) is 28.2 Å². The van der Waals surface area contributed by atoms with Gasteiger partial charge >= 0.3 is 5.97 Å². The molecule has 0 bridgehead atoms. The van der Waals surface area contributed by atoms with Gasteiger partial charge in [-0.3, -0.25) is 14.4 Å². The second kappa shape index (κ2) is 17.4. The number of ether oxygens (including phenoxy) is 2. The number of halogens is 1. The first kappa shape index (κ1) is 31.1. The first-order chi connectivity index (χ1) is 17.8. The molecule has 7 nitrogen and oxygen atoms in total. The Hall–Kier alpha value is -2.09. The van der Waals surface area contributed by atoms with E-state index in [1.54, 1.807) is 12.1 Å². The van der Waals surface area contributed by atoms with Crippen LogP contribution in [0.1, 0.15) is 102 Å². The van der Waals surface area contributed by atoms with Crippen LogP contribution in [0, 0.1) is 5.92 Å². The zero-order valence-electron chi connectivity index (χ0n) is 22.9. The number of piperazine rings is 1. The lowest BCUT2D eigenvalue weighted by Gasteiger charge is -2.35. The molecule has 1 heterocycles. The highest BCUT2D eigenvalue weighted by molar-refractivity contribution is 9.10. The molecule has 8 heteroatoms. The molecule has 1 atom stereocenters. The van der Waals surface area contributed by atoms with E-state index in [4.69, 9.17) is 9.47 Å². The summed E-state index contributed by atoms with van der Waals surface area (Å²) in [6.45, 7) is 7.77. The van der Waals surface area contributed by atoms with Gasteiger partial charge in [0, 0.05) is 17.6 Å². The number of hydrogen-bond donors (Lipinski definition) is 1. The molecule has 2 amide bonds. The van der Waals surface area contributed by atoms with Crippen LogP contribution < -0.4 is 10.1 Å². The van der Waals surface area contributed by atoms with Crippen LogP contribution in [0.25, 0.3) is 0 Å². The Labute approximate surface area is 231 Å². The third kappa shape index (κ3) is 11.5. The molecule has 1 aliphatic rings. The number of carbonyl (C=O) groups excluding carboxylic acids is 3. The minimum atomic E-state index is -0.904. The van der Waals surface area contributed by atoms with Crippen molar-refractivity contribution in [2.75, 3.05) is 26.3 Å². The maximum absolute atomic E-state index is 13.5. The molecule has 1 aliphatic heterocycles. The lowest BCUT2D eigenvalue weighted by Crippen LogP contribution is -2.57. The zero-order valence-corrected chi connectivity index (χ0v) is 24.4. The van der Waals surface area contributed by atoms with Gasteiger partial charge in [0.1, 0.15) is 11.8 Å². The van der Waals surface area contributed by atoms with E-state index < -0.39 is 12.0 Å². The minimum absolute atomic E-state index is 0.161. The lowest BCUT2D eigenvalue weighted by molar-refractivity contribution is -0.147. The van der Waals surface area contributed by atoms with Crippen molar-refractivity contribution in [2.24, 2.45) is 5.92 Å². The van der Waals surface area contributed by atoms with Crippen LogP contribution in [0.5, 0.6) is 5.75 Å². The molecule has 1 saturated heterocycles. The minimum Gasteiger partial charge on any atom is -0.492 e. The molecule has 1 aromatic rings. The van der Waals surface area contributed by atoms with Crippen molar-refractivity contribution in [3.63, 3.8) is 0 Å². The Morgan fingerprint density at radius 2 is 1.70 bits per heavy atom. The van der Waals surface area contributed by atoms with Gasteiger partial charge in [-0.05, 0) is 30.5 Å². The standard InChI is InChI=1S/C29H45BrN2O5/c1-4-5-6-7-8-9-10-11-12-13-18-36-27(33)20-25-28(34)31-16-17-32(25)29(35)24-19-23(30)14-15-26(24)37-21-22(2)3/h14-15,19,22,25H,4-13,16-18,20-21H2,1-3H3,(H,31,34). The number of carbonyl (C=O) groups is 3. The largest absolute Gasteiger partial charge is 0.492 e. The van der Waals surface area contributed by atoms with E-state index >= 15 is 0 Å². The fourth-order valence-electron chi connectivity index (χ4n) is 4.36. The van der Waals surface area contributed by atoms with Crippen LogP contribution in [0.15, 0.2) is 22.7 Å². The normalized spacial score (nSPS) is 15.5. The van der Waals surface area contributed by atoms with Gasteiger partial charge in [-0.1, -0.05) is 94.5 Å². The average molecular weight is 582 g/mol. The number of amides is 2. The lowest BCUT2D eigenvalue weighted by atomic mass is 10.1. The first-order valence-corrected chi connectivity index (χ1v) is 14.8. The molecule has 37 heavy (non-hydrogen) atoms. The van der Waals surface area contributed by atoms with E-state index in [0.29, 0.717) is 43.5 Å². The van der Waals surface area contributed by atoms with E-state index in [-0.39, 0.29) is 18.2 Å². The number of nitrogens with zero attached hydrogens (tertiary/aromatic N) is 1. The molecule has 1 aromatic carbocycles. The van der Waals surface area contributed by atoms with Crippen molar-refractivity contribution < 1.29 is 23.9 Å². The van der Waals surface area contributed by atoms with E-state index in [1.807, 2.05) is 19.9 Å². The number of benzene rings is 1. The van der Waals surface area contributed by atoms with Crippen molar-refractivity contribution in [1.29, 1.82) is 0 Å². The maximum atomic E-state index is 13.5. The number of hydrogen-bond acceptors (Lipinski definition) is 5. The Balaban J connectivity index is 1.84. The predicted molar refractivity (Wildman–Crippen MR) is 150 cm³/mol. The second-order valence-corrected chi connectivity index (χ2v) is 11.2. The van der Waals surface area contributed by atoms with E-state index in [9.17, 15) is 14.4 Å². The highest BCUT2D eigenvalue weighted by Crippen LogP contribution is 2.27. The molecule has 0 aliphatic carbocycles. The second-order valence-electron chi connectivity index (χ2n) is 10.3. The monoisotopic (exact) mass is 580 g/mol. The van der Waals surface area contributed by atoms with Gasteiger partial charge < -0.3 is 19.7 Å². The van der Waals surface area contributed by atoms with Gasteiger partial charge in [-0.25, -0.2) is 0 Å². The SMILES string of the molecule is CCCCCCCCCCCCOC(=O)CC1C(=O)NCCN1C(=O)c1cc(Br)ccc1OCC(C)C. The topological polar surface area (TPSA) is 84.9 Å². The Bertz CT molecular complexity index is 861. The van der Waals surface area contributed by atoms with Crippen molar-refractivity contribution in [3.8, 4) is 5.75 Å². The zero-order chi connectivity index (χ0) is 27.0. The van der Waals surface area contributed by atoms with Crippen LogP contribution in [0.4, 0.5) is 0 Å². The molecule has 1 N–H and O–H groups in total. The summed E-state index contributed by atoms with van der Waals surface area (Å²) in [4.78, 5) is 40.2. The number of rotatable bonds is 17. The predicted octanol–water partition coefficient (Wildman–Crippen LogP) is 6.28. The highest BCUT2D eigenvalue weighted by atomic mass is 79.9. The summed E-state index contributed by atoms with van der Waals surface area (Å²) in [5.74, 6) is -0.362. The van der Waals surface area contributed by atoms with Crippen molar-refractivity contribution in [3.05, 3.63) is 28.2 Å². The molecule has 1 fully saturated rings. The van der Waals surface area contributed by atoms with Crippen LogP contribution in [-0.2, 0) is 14.3 Å². The first-order valence-electron chi connectivity index (χ1n) is 14.0. The summed E-state index contributed by atoms with van der Waals surface area (Å²) in [6.07, 6.45) is 11.9. The molecule has 1 unspecified atom stereocenters. The summed E-state index contributed by atoms with van der Waals surface area (Å²) in [5, 5.41) is 2.77. The molecule has 0 aromatic heterocycles. The molecule has 208 valence electrons. The maximum Gasteiger partial charge on any atom is 0.308 e. The van der Waals surface area contributed by atoms with Gasteiger partial charge in [-0.15, -0.1) is 0 Å². The smallest absolute Gasteiger partial charge is 0.308 e. The Morgan fingerprint density at radius 3 is 2.35 bits per heavy atom. The summed E-state index contributed by atoms with van der Waals surface area (Å²) in [5.41, 5.74) is 0.369. The van der Waals surface area contributed by atoms with Crippen LogP contribution in [0.2, 0.25) is 0 Å². The average Bonchev–Trinajstić information content (AvgIpc) is 2.87. The fraction of sp³-hybridized carbons (Fsp3) is 0.690. The number of nitrogens with one attached hydrogen (secondary N) is 1. The van der Waals surface area contributed by atoms with Gasteiger partial charge in [-0.2, -0.15) is 0 Å². The molecule has 0 radical (unpaired) electrons. The third-order valence-corrected chi connectivity index (χ3v) is 6.95. The van der Waals surface area contributed by atoms with Gasteiger partial charge in [0.15, 0.2) is 0 Å².